The molecule has 2 aromatic rings. The number of nitrogens with one attached hydrogen (secondary N) is 2. The third-order valence-corrected chi connectivity index (χ3v) is 2.67. The maximum atomic E-state index is 11.2. The molecule has 2 rings (SSSR count). The Morgan fingerprint density at radius 2 is 1.90 bits per heavy atom. The molecule has 0 saturated heterocycles. The first kappa shape index (κ1) is 14.5. The summed E-state index contributed by atoms with van der Waals surface area (Å²) in [6, 6.07) is 7.07. The predicted molar refractivity (Wildman–Crippen MR) is 79.1 cm³/mol. The van der Waals surface area contributed by atoms with E-state index in [1.165, 1.54) is 6.33 Å². The Kier molecular flexibility index (Phi) is 4.50. The van der Waals surface area contributed by atoms with Gasteiger partial charge in [0, 0.05) is 12.7 Å². The van der Waals surface area contributed by atoms with Crippen molar-refractivity contribution >= 4 is 23.0 Å². The van der Waals surface area contributed by atoms with Gasteiger partial charge in [-0.25, -0.2) is 9.97 Å². The Hall–Kier alpha value is -2.90. The Morgan fingerprint density at radius 3 is 2.48 bits per heavy atom. The van der Waals surface area contributed by atoms with Crippen LogP contribution < -0.4 is 15.4 Å². The normalized spacial score (nSPS) is 10.0. The first-order valence-corrected chi connectivity index (χ1v) is 6.32. The van der Waals surface area contributed by atoms with E-state index in [0.29, 0.717) is 12.3 Å². The molecule has 110 valence electrons. The highest BCUT2D eigenvalue weighted by atomic mass is 16.6. The standard InChI is InChI=1S/C13H15N5O3/c1-3-21-10-6-4-9(5-7-10)17-13-11(18(19)20)12(14-2)15-8-16-13/h4-8H,3H2,1-2H3,(H2,14,15,16,17). The Balaban J connectivity index is 2.28. The third-order valence-electron chi connectivity index (χ3n) is 2.67. The Bertz CT molecular complexity index is 630. The van der Waals surface area contributed by atoms with E-state index in [1.54, 1.807) is 31.3 Å². The van der Waals surface area contributed by atoms with Gasteiger partial charge in [0.2, 0.25) is 11.6 Å². The van der Waals surface area contributed by atoms with Gasteiger partial charge in [-0.15, -0.1) is 0 Å². The predicted octanol–water partition coefficient (Wildman–Crippen LogP) is 2.57. The lowest BCUT2D eigenvalue weighted by atomic mass is 10.3. The number of hydrogen-bond donors (Lipinski definition) is 2. The van der Waals surface area contributed by atoms with Crippen LogP contribution in [0.1, 0.15) is 6.92 Å². The van der Waals surface area contributed by atoms with Crippen LogP contribution >= 0.6 is 0 Å². The van der Waals surface area contributed by atoms with E-state index in [2.05, 4.69) is 20.6 Å². The summed E-state index contributed by atoms with van der Waals surface area (Å²) >= 11 is 0. The molecule has 0 atom stereocenters. The minimum Gasteiger partial charge on any atom is -0.494 e. The largest absolute Gasteiger partial charge is 0.494 e. The van der Waals surface area contributed by atoms with Gasteiger partial charge < -0.3 is 15.4 Å². The van der Waals surface area contributed by atoms with Crippen molar-refractivity contribution in [1.29, 1.82) is 0 Å². The number of nitrogens with zero attached hydrogens (tertiary/aromatic N) is 3. The number of anilines is 3. The molecule has 0 radical (unpaired) electrons. The van der Waals surface area contributed by atoms with Crippen LogP contribution in [0.5, 0.6) is 5.75 Å². The zero-order valence-corrected chi connectivity index (χ0v) is 11.7. The molecular formula is C13H15N5O3. The molecule has 0 amide bonds. The van der Waals surface area contributed by atoms with Gasteiger partial charge >= 0.3 is 5.69 Å². The smallest absolute Gasteiger partial charge is 0.353 e. The van der Waals surface area contributed by atoms with E-state index in [4.69, 9.17) is 4.74 Å². The first-order valence-electron chi connectivity index (χ1n) is 6.32. The second-order valence-electron chi connectivity index (χ2n) is 4.01. The molecule has 1 aromatic carbocycles. The van der Waals surface area contributed by atoms with Crippen LogP contribution in [0.15, 0.2) is 30.6 Å². The van der Waals surface area contributed by atoms with Crippen LogP contribution in [0, 0.1) is 10.1 Å². The van der Waals surface area contributed by atoms with Crippen LogP contribution in [0.3, 0.4) is 0 Å². The molecule has 0 aliphatic rings. The molecule has 1 heterocycles. The van der Waals surface area contributed by atoms with Gasteiger partial charge in [0.25, 0.3) is 0 Å². The van der Waals surface area contributed by atoms with Crippen LogP contribution in [-0.2, 0) is 0 Å². The first-order chi connectivity index (χ1) is 10.2. The Morgan fingerprint density at radius 1 is 1.24 bits per heavy atom. The molecule has 2 N–H and O–H groups in total. The number of nitro groups is 1. The van der Waals surface area contributed by atoms with Gasteiger partial charge in [-0.1, -0.05) is 0 Å². The summed E-state index contributed by atoms with van der Waals surface area (Å²) in [4.78, 5) is 18.4. The molecule has 0 fully saturated rings. The highest BCUT2D eigenvalue weighted by Gasteiger charge is 2.22. The minimum absolute atomic E-state index is 0.128. The fourth-order valence-electron chi connectivity index (χ4n) is 1.76. The van der Waals surface area contributed by atoms with Crippen LogP contribution in [0.2, 0.25) is 0 Å². The summed E-state index contributed by atoms with van der Waals surface area (Å²) in [7, 11) is 1.57. The van der Waals surface area contributed by atoms with Gasteiger partial charge in [0.15, 0.2) is 0 Å². The monoisotopic (exact) mass is 289 g/mol. The van der Waals surface area contributed by atoms with E-state index in [9.17, 15) is 10.1 Å². The third kappa shape index (κ3) is 3.35. The van der Waals surface area contributed by atoms with Crippen molar-refractivity contribution < 1.29 is 9.66 Å². The Labute approximate surface area is 121 Å². The van der Waals surface area contributed by atoms with Crippen molar-refractivity contribution in [2.24, 2.45) is 0 Å². The molecule has 0 saturated carbocycles. The summed E-state index contributed by atoms with van der Waals surface area (Å²) in [5.41, 5.74) is 0.469. The molecule has 8 nitrogen and oxygen atoms in total. The zero-order valence-electron chi connectivity index (χ0n) is 11.7. The minimum atomic E-state index is -0.525. The summed E-state index contributed by atoms with van der Waals surface area (Å²) < 4.78 is 5.34. The molecule has 0 bridgehead atoms. The van der Waals surface area contributed by atoms with Gasteiger partial charge in [0.1, 0.15) is 12.1 Å². The zero-order chi connectivity index (χ0) is 15.2. The lowest BCUT2D eigenvalue weighted by Crippen LogP contribution is -2.05. The van der Waals surface area contributed by atoms with E-state index < -0.39 is 4.92 Å². The van der Waals surface area contributed by atoms with E-state index in [0.717, 1.165) is 5.75 Å². The summed E-state index contributed by atoms with van der Waals surface area (Å²) in [6.45, 7) is 2.48. The maximum absolute atomic E-state index is 11.2. The molecule has 0 unspecified atom stereocenters. The molecular weight excluding hydrogens is 274 g/mol. The lowest BCUT2D eigenvalue weighted by molar-refractivity contribution is -0.383. The number of hydrogen-bond acceptors (Lipinski definition) is 7. The van der Waals surface area contributed by atoms with Gasteiger partial charge in [-0.05, 0) is 31.2 Å². The van der Waals surface area contributed by atoms with E-state index in [-0.39, 0.29) is 17.3 Å². The molecule has 21 heavy (non-hydrogen) atoms. The SMILES string of the molecule is CCOc1ccc(Nc2ncnc(NC)c2[N+](=O)[O-])cc1. The number of rotatable bonds is 6. The lowest BCUT2D eigenvalue weighted by Gasteiger charge is -2.09. The summed E-state index contributed by atoms with van der Waals surface area (Å²) in [5.74, 6) is 1.02. The second-order valence-corrected chi connectivity index (χ2v) is 4.01. The van der Waals surface area contributed by atoms with E-state index in [1.807, 2.05) is 6.92 Å². The van der Waals surface area contributed by atoms with Crippen molar-refractivity contribution in [2.45, 2.75) is 6.92 Å². The van der Waals surface area contributed by atoms with Crippen molar-refractivity contribution in [3.05, 3.63) is 40.7 Å². The van der Waals surface area contributed by atoms with Crippen molar-refractivity contribution in [2.75, 3.05) is 24.3 Å². The molecule has 0 spiro atoms. The maximum Gasteiger partial charge on any atom is 0.353 e. The number of benzene rings is 1. The van der Waals surface area contributed by atoms with Gasteiger partial charge in [-0.2, -0.15) is 0 Å². The van der Waals surface area contributed by atoms with Gasteiger partial charge in [-0.3, -0.25) is 10.1 Å². The number of ether oxygens (including phenoxy) is 1. The average Bonchev–Trinajstić information content (AvgIpc) is 2.49. The topological polar surface area (TPSA) is 102 Å². The van der Waals surface area contributed by atoms with Gasteiger partial charge in [0.05, 0.1) is 11.5 Å². The highest BCUT2D eigenvalue weighted by Crippen LogP contribution is 2.31. The van der Waals surface area contributed by atoms with Crippen LogP contribution in [0.4, 0.5) is 23.0 Å². The number of aromatic nitrogens is 2. The van der Waals surface area contributed by atoms with Crippen LogP contribution in [-0.4, -0.2) is 28.5 Å². The van der Waals surface area contributed by atoms with Crippen molar-refractivity contribution in [3.63, 3.8) is 0 Å². The van der Waals surface area contributed by atoms with Crippen molar-refractivity contribution in [3.8, 4) is 5.75 Å². The quantitative estimate of drug-likeness (QED) is 0.622. The van der Waals surface area contributed by atoms with Crippen LogP contribution in [0.25, 0.3) is 0 Å². The summed E-state index contributed by atoms with van der Waals surface area (Å²) in [6.07, 6.45) is 1.26. The fraction of sp³-hybridized carbons (Fsp3) is 0.231. The molecule has 1 aromatic heterocycles. The van der Waals surface area contributed by atoms with Crippen molar-refractivity contribution in [1.82, 2.24) is 9.97 Å². The highest BCUT2D eigenvalue weighted by molar-refractivity contribution is 5.73. The molecule has 0 aliphatic heterocycles. The molecule has 8 heteroatoms. The fourth-order valence-corrected chi connectivity index (χ4v) is 1.76. The summed E-state index contributed by atoms with van der Waals surface area (Å²) in [5, 5.41) is 16.7. The molecule has 0 aliphatic carbocycles. The average molecular weight is 289 g/mol. The second kappa shape index (κ2) is 6.51. The van der Waals surface area contributed by atoms with E-state index >= 15 is 0 Å².